The number of rotatable bonds is 4. The molecule has 0 atom stereocenters. The van der Waals surface area contributed by atoms with E-state index >= 15 is 0 Å². The van der Waals surface area contributed by atoms with Crippen molar-refractivity contribution in [2.24, 2.45) is 5.73 Å². The number of aromatic amines is 1. The van der Waals surface area contributed by atoms with Crippen molar-refractivity contribution in [3.63, 3.8) is 0 Å². The number of H-pyrrole nitrogens is 1. The van der Waals surface area contributed by atoms with Crippen molar-refractivity contribution in [2.45, 2.75) is 20.4 Å². The van der Waals surface area contributed by atoms with E-state index in [9.17, 15) is 0 Å². The van der Waals surface area contributed by atoms with Gasteiger partial charge in [0.1, 0.15) is 11.4 Å². The molecular weight excluding hydrogens is 214 g/mol. The molecular formula is C13H17N3O. The average molecular weight is 231 g/mol. The molecule has 2 rings (SSSR count). The van der Waals surface area contributed by atoms with E-state index in [0.717, 1.165) is 28.3 Å². The second-order valence-electron chi connectivity index (χ2n) is 3.81. The fraction of sp³-hybridized carbons (Fsp3) is 0.308. The third-order valence-corrected chi connectivity index (χ3v) is 2.72. The molecule has 0 unspecified atom stereocenters. The molecule has 0 saturated carbocycles. The smallest absolute Gasteiger partial charge is 0.128 e. The lowest BCUT2D eigenvalue weighted by Crippen LogP contribution is -2.00. The molecule has 90 valence electrons. The Kier molecular flexibility index (Phi) is 3.44. The maximum Gasteiger partial charge on any atom is 0.128 e. The SMILES string of the molecule is CCOc1ccccc1-c1n[nH]c(C)c1CN. The highest BCUT2D eigenvalue weighted by atomic mass is 16.5. The minimum Gasteiger partial charge on any atom is -0.493 e. The molecule has 0 bridgehead atoms. The van der Waals surface area contributed by atoms with Crippen molar-refractivity contribution in [2.75, 3.05) is 6.61 Å². The van der Waals surface area contributed by atoms with Crippen LogP contribution in [-0.2, 0) is 6.54 Å². The Balaban J connectivity index is 2.52. The Hall–Kier alpha value is -1.81. The molecule has 2 aromatic rings. The highest BCUT2D eigenvalue weighted by Crippen LogP contribution is 2.31. The van der Waals surface area contributed by atoms with Gasteiger partial charge in [0, 0.05) is 23.4 Å². The summed E-state index contributed by atoms with van der Waals surface area (Å²) in [5.41, 5.74) is 9.67. The Morgan fingerprint density at radius 3 is 2.82 bits per heavy atom. The summed E-state index contributed by atoms with van der Waals surface area (Å²) in [5, 5.41) is 7.29. The first-order valence-electron chi connectivity index (χ1n) is 5.74. The van der Waals surface area contributed by atoms with Gasteiger partial charge < -0.3 is 10.5 Å². The van der Waals surface area contributed by atoms with Crippen LogP contribution in [0.1, 0.15) is 18.2 Å². The van der Waals surface area contributed by atoms with Crippen molar-refractivity contribution in [1.82, 2.24) is 10.2 Å². The van der Waals surface area contributed by atoms with Gasteiger partial charge >= 0.3 is 0 Å². The normalized spacial score (nSPS) is 10.5. The Morgan fingerprint density at radius 1 is 1.35 bits per heavy atom. The number of para-hydroxylation sites is 1. The third kappa shape index (κ3) is 2.17. The molecule has 1 aromatic heterocycles. The Morgan fingerprint density at radius 2 is 2.12 bits per heavy atom. The Bertz CT molecular complexity index is 505. The number of benzene rings is 1. The molecule has 17 heavy (non-hydrogen) atoms. The molecule has 0 fully saturated rings. The molecule has 0 aliphatic heterocycles. The first kappa shape index (κ1) is 11.7. The Labute approximate surface area is 101 Å². The summed E-state index contributed by atoms with van der Waals surface area (Å²) in [6, 6.07) is 7.88. The summed E-state index contributed by atoms with van der Waals surface area (Å²) in [6.45, 7) is 5.05. The average Bonchev–Trinajstić information content (AvgIpc) is 2.71. The number of nitrogens with one attached hydrogen (secondary N) is 1. The van der Waals surface area contributed by atoms with Gasteiger partial charge in [0.25, 0.3) is 0 Å². The summed E-state index contributed by atoms with van der Waals surface area (Å²) >= 11 is 0. The molecule has 0 spiro atoms. The summed E-state index contributed by atoms with van der Waals surface area (Å²) in [7, 11) is 0. The number of aromatic nitrogens is 2. The van der Waals surface area contributed by atoms with Crippen molar-refractivity contribution in [1.29, 1.82) is 0 Å². The number of hydrogen-bond acceptors (Lipinski definition) is 3. The van der Waals surface area contributed by atoms with Gasteiger partial charge in [-0.15, -0.1) is 0 Å². The van der Waals surface area contributed by atoms with Crippen LogP contribution in [0.2, 0.25) is 0 Å². The van der Waals surface area contributed by atoms with E-state index in [0.29, 0.717) is 13.2 Å². The largest absolute Gasteiger partial charge is 0.493 e. The van der Waals surface area contributed by atoms with Crippen molar-refractivity contribution in [3.8, 4) is 17.0 Å². The van der Waals surface area contributed by atoms with Crippen LogP contribution in [0, 0.1) is 6.92 Å². The van der Waals surface area contributed by atoms with E-state index in [1.165, 1.54) is 0 Å². The molecule has 0 radical (unpaired) electrons. The standard InChI is InChI=1S/C13H17N3O/c1-3-17-12-7-5-4-6-10(12)13-11(8-14)9(2)15-16-13/h4-7H,3,8,14H2,1-2H3,(H,15,16). The van der Waals surface area contributed by atoms with Crippen molar-refractivity contribution >= 4 is 0 Å². The summed E-state index contributed by atoms with van der Waals surface area (Å²) in [5.74, 6) is 0.844. The maximum absolute atomic E-state index is 5.76. The van der Waals surface area contributed by atoms with Crippen molar-refractivity contribution < 1.29 is 4.74 Å². The fourth-order valence-electron chi connectivity index (χ4n) is 1.87. The van der Waals surface area contributed by atoms with Gasteiger partial charge in [0.15, 0.2) is 0 Å². The molecule has 1 heterocycles. The number of ether oxygens (including phenoxy) is 1. The zero-order chi connectivity index (χ0) is 12.3. The number of aryl methyl sites for hydroxylation is 1. The van der Waals surface area contributed by atoms with Gasteiger partial charge in [-0.3, -0.25) is 5.10 Å². The predicted octanol–water partition coefficient (Wildman–Crippen LogP) is 2.24. The quantitative estimate of drug-likeness (QED) is 0.848. The minimum absolute atomic E-state index is 0.470. The molecule has 4 heteroatoms. The van der Waals surface area contributed by atoms with Gasteiger partial charge in [-0.05, 0) is 26.0 Å². The number of nitrogens with two attached hydrogens (primary N) is 1. The minimum atomic E-state index is 0.470. The maximum atomic E-state index is 5.76. The van der Waals surface area contributed by atoms with Crippen LogP contribution in [0.15, 0.2) is 24.3 Å². The van der Waals surface area contributed by atoms with Gasteiger partial charge in [-0.2, -0.15) is 5.10 Å². The van der Waals surface area contributed by atoms with Crippen LogP contribution in [0.4, 0.5) is 0 Å². The zero-order valence-corrected chi connectivity index (χ0v) is 10.2. The van der Waals surface area contributed by atoms with Gasteiger partial charge in [0.2, 0.25) is 0 Å². The van der Waals surface area contributed by atoms with Gasteiger partial charge in [-0.1, -0.05) is 12.1 Å². The third-order valence-electron chi connectivity index (χ3n) is 2.72. The van der Waals surface area contributed by atoms with Crippen LogP contribution in [0.5, 0.6) is 5.75 Å². The highest BCUT2D eigenvalue weighted by molar-refractivity contribution is 5.70. The lowest BCUT2D eigenvalue weighted by atomic mass is 10.1. The first-order chi connectivity index (χ1) is 8.27. The van der Waals surface area contributed by atoms with Gasteiger partial charge in [0.05, 0.1) is 6.61 Å². The second kappa shape index (κ2) is 5.01. The molecule has 1 aromatic carbocycles. The zero-order valence-electron chi connectivity index (χ0n) is 10.2. The summed E-state index contributed by atoms with van der Waals surface area (Å²) in [6.07, 6.45) is 0. The lowest BCUT2D eigenvalue weighted by Gasteiger charge is -2.09. The molecule has 0 saturated heterocycles. The van der Waals surface area contributed by atoms with E-state index < -0.39 is 0 Å². The predicted molar refractivity (Wildman–Crippen MR) is 67.8 cm³/mol. The van der Waals surface area contributed by atoms with E-state index in [-0.39, 0.29) is 0 Å². The van der Waals surface area contributed by atoms with Crippen LogP contribution >= 0.6 is 0 Å². The number of hydrogen-bond donors (Lipinski definition) is 2. The number of nitrogens with zero attached hydrogens (tertiary/aromatic N) is 1. The first-order valence-corrected chi connectivity index (χ1v) is 5.74. The molecule has 3 N–H and O–H groups in total. The second-order valence-corrected chi connectivity index (χ2v) is 3.81. The van der Waals surface area contributed by atoms with Gasteiger partial charge in [-0.25, -0.2) is 0 Å². The van der Waals surface area contributed by atoms with E-state index in [1.54, 1.807) is 0 Å². The lowest BCUT2D eigenvalue weighted by molar-refractivity contribution is 0.341. The molecule has 0 aliphatic carbocycles. The van der Waals surface area contributed by atoms with E-state index in [4.69, 9.17) is 10.5 Å². The molecule has 0 amide bonds. The van der Waals surface area contributed by atoms with E-state index in [2.05, 4.69) is 10.2 Å². The van der Waals surface area contributed by atoms with E-state index in [1.807, 2.05) is 38.1 Å². The van der Waals surface area contributed by atoms with Crippen LogP contribution in [0.3, 0.4) is 0 Å². The topological polar surface area (TPSA) is 63.9 Å². The van der Waals surface area contributed by atoms with Crippen LogP contribution in [0.25, 0.3) is 11.3 Å². The summed E-state index contributed by atoms with van der Waals surface area (Å²) in [4.78, 5) is 0. The summed E-state index contributed by atoms with van der Waals surface area (Å²) < 4.78 is 5.61. The molecule has 0 aliphatic rings. The molecule has 4 nitrogen and oxygen atoms in total. The monoisotopic (exact) mass is 231 g/mol. The van der Waals surface area contributed by atoms with Crippen LogP contribution in [-0.4, -0.2) is 16.8 Å². The van der Waals surface area contributed by atoms with Crippen LogP contribution < -0.4 is 10.5 Å². The fourth-order valence-corrected chi connectivity index (χ4v) is 1.87. The highest BCUT2D eigenvalue weighted by Gasteiger charge is 2.14. The van der Waals surface area contributed by atoms with Crippen molar-refractivity contribution in [3.05, 3.63) is 35.5 Å².